The first-order valence-electron chi connectivity index (χ1n) is 4.43. The van der Waals surface area contributed by atoms with Crippen LogP contribution in [0, 0.1) is 0 Å². The van der Waals surface area contributed by atoms with Crippen molar-refractivity contribution in [3.8, 4) is 0 Å². The number of nitrogens with two attached hydrogens (primary N) is 1. The number of primary amides is 1. The van der Waals surface area contributed by atoms with Gasteiger partial charge in [0.05, 0.1) is 12.3 Å². The number of amides is 1. The van der Waals surface area contributed by atoms with E-state index in [0.717, 1.165) is 6.07 Å². The number of carbonyl (C=O) groups excluding carboxylic acids is 1. The largest absolute Gasteiger partial charge is 0.445 e. The zero-order valence-electron chi connectivity index (χ0n) is 8.49. The fourth-order valence-corrected chi connectivity index (χ4v) is 1.11. The molecule has 1 rings (SSSR count). The molecule has 17 heavy (non-hydrogen) atoms. The van der Waals surface area contributed by atoms with Gasteiger partial charge >= 0.3 is 12.3 Å². The van der Waals surface area contributed by atoms with Crippen LogP contribution in [0.15, 0.2) is 12.1 Å². The molecule has 0 aromatic carbocycles. The smallest absolute Gasteiger partial charge is 0.433 e. The minimum atomic E-state index is -4.63. The van der Waals surface area contributed by atoms with E-state index in [0.29, 0.717) is 0 Å². The standard InChI is InChI=1S/C9H9F3N2O3/c10-9(11,12)7-2-5(4-17-8(13)16)1-6(3-15)14-7/h1-2,15H,3-4H2,(H2,13,16). The molecule has 1 amide bonds. The Morgan fingerprint density at radius 3 is 2.59 bits per heavy atom. The third-order valence-electron chi connectivity index (χ3n) is 1.77. The molecule has 0 aliphatic rings. The van der Waals surface area contributed by atoms with Gasteiger partial charge in [-0.1, -0.05) is 0 Å². The van der Waals surface area contributed by atoms with Crippen LogP contribution in [-0.2, 0) is 24.1 Å². The number of carbonyl (C=O) groups is 1. The molecule has 0 radical (unpaired) electrons. The van der Waals surface area contributed by atoms with Gasteiger partial charge in [0.25, 0.3) is 0 Å². The second-order valence-corrected chi connectivity index (χ2v) is 3.12. The number of rotatable bonds is 3. The van der Waals surface area contributed by atoms with E-state index in [2.05, 4.69) is 15.5 Å². The molecule has 0 aliphatic heterocycles. The van der Waals surface area contributed by atoms with E-state index in [1.54, 1.807) is 0 Å². The van der Waals surface area contributed by atoms with Crippen molar-refractivity contribution in [2.24, 2.45) is 5.73 Å². The Kier molecular flexibility index (Phi) is 3.89. The van der Waals surface area contributed by atoms with Gasteiger partial charge in [-0.15, -0.1) is 0 Å². The number of nitrogens with zero attached hydrogens (tertiary/aromatic N) is 1. The van der Waals surface area contributed by atoms with Crippen LogP contribution < -0.4 is 5.73 Å². The van der Waals surface area contributed by atoms with Crippen molar-refractivity contribution in [1.29, 1.82) is 0 Å². The van der Waals surface area contributed by atoms with Gasteiger partial charge in [-0.3, -0.25) is 0 Å². The number of ether oxygens (including phenoxy) is 1. The number of halogens is 3. The van der Waals surface area contributed by atoms with Crippen LogP contribution in [-0.4, -0.2) is 16.2 Å². The van der Waals surface area contributed by atoms with Gasteiger partial charge in [-0.25, -0.2) is 9.78 Å². The minimum Gasteiger partial charge on any atom is -0.445 e. The molecule has 5 nitrogen and oxygen atoms in total. The molecular weight excluding hydrogens is 241 g/mol. The highest BCUT2D eigenvalue weighted by molar-refractivity contribution is 5.64. The Labute approximate surface area is 94.0 Å². The lowest BCUT2D eigenvalue weighted by Crippen LogP contribution is -2.14. The predicted molar refractivity (Wildman–Crippen MR) is 49.5 cm³/mol. The summed E-state index contributed by atoms with van der Waals surface area (Å²) in [5.74, 6) is 0. The van der Waals surface area contributed by atoms with Crippen LogP contribution in [0.1, 0.15) is 17.0 Å². The monoisotopic (exact) mass is 250 g/mol. The zero-order chi connectivity index (χ0) is 13.1. The molecule has 0 fully saturated rings. The Balaban J connectivity index is 3.01. The molecule has 0 atom stereocenters. The molecule has 1 aromatic rings. The van der Waals surface area contributed by atoms with E-state index in [1.807, 2.05) is 0 Å². The average Bonchev–Trinajstić information content (AvgIpc) is 2.24. The highest BCUT2D eigenvalue weighted by Crippen LogP contribution is 2.28. The highest BCUT2D eigenvalue weighted by atomic mass is 19.4. The number of pyridine rings is 1. The van der Waals surface area contributed by atoms with Crippen LogP contribution in [0.5, 0.6) is 0 Å². The first-order chi connectivity index (χ1) is 7.82. The first kappa shape index (κ1) is 13.2. The second-order valence-electron chi connectivity index (χ2n) is 3.12. The van der Waals surface area contributed by atoms with E-state index in [9.17, 15) is 18.0 Å². The summed E-state index contributed by atoms with van der Waals surface area (Å²) in [5.41, 5.74) is 3.41. The summed E-state index contributed by atoms with van der Waals surface area (Å²) in [6, 6.07) is 1.92. The number of hydrogen-bond donors (Lipinski definition) is 2. The van der Waals surface area contributed by atoms with Gasteiger partial charge in [-0.2, -0.15) is 13.2 Å². The predicted octanol–water partition coefficient (Wildman–Crippen LogP) is 1.19. The number of alkyl halides is 3. The van der Waals surface area contributed by atoms with Crippen molar-refractivity contribution >= 4 is 6.09 Å². The summed E-state index contributed by atoms with van der Waals surface area (Å²) in [5, 5.41) is 8.77. The summed E-state index contributed by atoms with van der Waals surface area (Å²) in [6.45, 7) is -1.05. The summed E-state index contributed by atoms with van der Waals surface area (Å²) < 4.78 is 41.6. The van der Waals surface area contributed by atoms with Crippen LogP contribution in [0.25, 0.3) is 0 Å². The fourth-order valence-electron chi connectivity index (χ4n) is 1.11. The summed E-state index contributed by atoms with van der Waals surface area (Å²) in [7, 11) is 0. The Morgan fingerprint density at radius 1 is 1.47 bits per heavy atom. The quantitative estimate of drug-likeness (QED) is 0.843. The molecule has 3 N–H and O–H groups in total. The molecule has 0 saturated heterocycles. The molecule has 0 bridgehead atoms. The van der Waals surface area contributed by atoms with Crippen molar-refractivity contribution in [2.45, 2.75) is 19.4 Å². The van der Waals surface area contributed by atoms with Gasteiger partial charge < -0.3 is 15.6 Å². The number of aliphatic hydroxyl groups excluding tert-OH is 1. The van der Waals surface area contributed by atoms with E-state index in [-0.39, 0.29) is 11.3 Å². The molecule has 94 valence electrons. The van der Waals surface area contributed by atoms with Crippen molar-refractivity contribution in [3.63, 3.8) is 0 Å². The Bertz CT molecular complexity index is 420. The van der Waals surface area contributed by atoms with Crippen molar-refractivity contribution in [1.82, 2.24) is 4.98 Å². The van der Waals surface area contributed by atoms with E-state index < -0.39 is 31.2 Å². The summed E-state index contributed by atoms with van der Waals surface area (Å²) in [6.07, 6.45) is -5.73. The maximum atomic E-state index is 12.4. The topological polar surface area (TPSA) is 85.4 Å². The van der Waals surface area contributed by atoms with Gasteiger partial charge in [0.15, 0.2) is 0 Å². The van der Waals surface area contributed by atoms with Crippen molar-refractivity contribution in [2.75, 3.05) is 0 Å². The molecule has 0 unspecified atom stereocenters. The van der Waals surface area contributed by atoms with Crippen molar-refractivity contribution < 1.29 is 27.8 Å². The Morgan fingerprint density at radius 2 is 2.12 bits per heavy atom. The summed E-state index contributed by atoms with van der Waals surface area (Å²) >= 11 is 0. The third kappa shape index (κ3) is 3.91. The zero-order valence-corrected chi connectivity index (χ0v) is 8.49. The maximum Gasteiger partial charge on any atom is 0.433 e. The summed E-state index contributed by atoms with van der Waals surface area (Å²) in [4.78, 5) is 13.5. The van der Waals surface area contributed by atoms with E-state index >= 15 is 0 Å². The molecule has 8 heteroatoms. The van der Waals surface area contributed by atoms with Gasteiger partial charge in [-0.05, 0) is 17.7 Å². The van der Waals surface area contributed by atoms with E-state index in [4.69, 9.17) is 5.11 Å². The third-order valence-corrected chi connectivity index (χ3v) is 1.77. The van der Waals surface area contributed by atoms with Gasteiger partial charge in [0.1, 0.15) is 12.3 Å². The van der Waals surface area contributed by atoms with E-state index in [1.165, 1.54) is 6.07 Å². The number of aliphatic hydroxyl groups is 1. The maximum absolute atomic E-state index is 12.4. The lowest BCUT2D eigenvalue weighted by atomic mass is 10.2. The Hall–Kier alpha value is -1.83. The SMILES string of the molecule is NC(=O)OCc1cc(CO)nc(C(F)(F)F)c1. The van der Waals surface area contributed by atoms with Crippen molar-refractivity contribution in [3.05, 3.63) is 29.1 Å². The fraction of sp³-hybridized carbons (Fsp3) is 0.333. The normalized spacial score (nSPS) is 11.3. The molecule has 0 aliphatic carbocycles. The molecule has 0 saturated carbocycles. The lowest BCUT2D eigenvalue weighted by molar-refractivity contribution is -0.141. The highest BCUT2D eigenvalue weighted by Gasteiger charge is 2.33. The molecule has 1 aromatic heterocycles. The van der Waals surface area contributed by atoms with Crippen LogP contribution in [0.3, 0.4) is 0 Å². The second kappa shape index (κ2) is 5.00. The number of hydrogen-bond acceptors (Lipinski definition) is 4. The molecule has 0 spiro atoms. The first-order valence-corrected chi connectivity index (χ1v) is 4.43. The van der Waals surface area contributed by atoms with Gasteiger partial charge in [0, 0.05) is 0 Å². The van der Waals surface area contributed by atoms with Crippen LogP contribution in [0.2, 0.25) is 0 Å². The average molecular weight is 250 g/mol. The minimum absolute atomic E-state index is 0.0511. The van der Waals surface area contributed by atoms with Gasteiger partial charge in [0.2, 0.25) is 0 Å². The molecule has 1 heterocycles. The van der Waals surface area contributed by atoms with Crippen LogP contribution in [0.4, 0.5) is 18.0 Å². The van der Waals surface area contributed by atoms with Crippen LogP contribution >= 0.6 is 0 Å². The molecular formula is C9H9F3N2O3. The lowest BCUT2D eigenvalue weighted by Gasteiger charge is -2.10. The number of aromatic nitrogens is 1.